The summed E-state index contributed by atoms with van der Waals surface area (Å²) in [5, 5.41) is 0. The van der Waals surface area contributed by atoms with Crippen molar-refractivity contribution in [3.8, 4) is 0 Å². The fourth-order valence-corrected chi connectivity index (χ4v) is 2.12. The number of carbonyl (C=O) groups is 1. The van der Waals surface area contributed by atoms with Gasteiger partial charge in [-0.1, -0.05) is 24.3 Å². The van der Waals surface area contributed by atoms with Crippen molar-refractivity contribution in [1.29, 1.82) is 0 Å². The first-order chi connectivity index (χ1) is 9.09. The molecule has 0 aliphatic rings. The second kappa shape index (κ2) is 6.10. The lowest BCUT2D eigenvalue weighted by molar-refractivity contribution is 0.0467. The van der Waals surface area contributed by atoms with Gasteiger partial charge in [0.15, 0.2) is 11.6 Å². The van der Waals surface area contributed by atoms with E-state index in [9.17, 15) is 13.6 Å². The van der Waals surface area contributed by atoms with Crippen molar-refractivity contribution in [3.63, 3.8) is 0 Å². The zero-order valence-corrected chi connectivity index (χ0v) is 11.9. The number of hydrogen-bond donors (Lipinski definition) is 0. The Morgan fingerprint density at radius 3 is 2.58 bits per heavy atom. The van der Waals surface area contributed by atoms with Crippen LogP contribution in [-0.2, 0) is 11.3 Å². The van der Waals surface area contributed by atoms with Crippen LogP contribution in [0.1, 0.15) is 15.9 Å². The molecule has 0 saturated heterocycles. The normalized spacial score (nSPS) is 10.3. The van der Waals surface area contributed by atoms with Crippen LogP contribution >= 0.6 is 22.6 Å². The average molecular weight is 374 g/mol. The van der Waals surface area contributed by atoms with Crippen LogP contribution in [0.2, 0.25) is 0 Å². The van der Waals surface area contributed by atoms with Crippen LogP contribution in [0, 0.1) is 15.2 Å². The van der Waals surface area contributed by atoms with Crippen molar-refractivity contribution < 1.29 is 18.3 Å². The van der Waals surface area contributed by atoms with Crippen molar-refractivity contribution in [2.24, 2.45) is 0 Å². The van der Waals surface area contributed by atoms with Crippen molar-refractivity contribution in [2.45, 2.75) is 6.61 Å². The van der Waals surface area contributed by atoms with Gasteiger partial charge in [0, 0.05) is 9.13 Å². The van der Waals surface area contributed by atoms with Crippen LogP contribution in [0.15, 0.2) is 42.5 Å². The molecule has 0 unspecified atom stereocenters. The highest BCUT2D eigenvalue weighted by Gasteiger charge is 2.13. The summed E-state index contributed by atoms with van der Waals surface area (Å²) in [6, 6.07) is 10.6. The lowest BCUT2D eigenvalue weighted by atomic mass is 10.2. The monoisotopic (exact) mass is 374 g/mol. The van der Waals surface area contributed by atoms with Crippen LogP contribution < -0.4 is 0 Å². The van der Waals surface area contributed by atoms with Gasteiger partial charge in [-0.05, 0) is 40.8 Å². The second-order valence-corrected chi connectivity index (χ2v) is 4.93. The molecule has 0 spiro atoms. The maximum absolute atomic E-state index is 13.4. The molecule has 2 aromatic rings. The molecule has 2 nitrogen and oxygen atoms in total. The van der Waals surface area contributed by atoms with Crippen molar-refractivity contribution in [1.82, 2.24) is 0 Å². The number of ether oxygens (including phenoxy) is 1. The molecule has 98 valence electrons. The molecule has 0 bridgehead atoms. The van der Waals surface area contributed by atoms with Gasteiger partial charge in [-0.2, -0.15) is 0 Å². The molecule has 0 amide bonds. The van der Waals surface area contributed by atoms with Gasteiger partial charge in [-0.15, -0.1) is 0 Å². The topological polar surface area (TPSA) is 26.3 Å². The number of hydrogen-bond acceptors (Lipinski definition) is 2. The SMILES string of the molecule is O=C(OCc1cccc(F)c1F)c1ccccc1I. The Balaban J connectivity index is 2.09. The molecule has 0 atom stereocenters. The fraction of sp³-hybridized carbons (Fsp3) is 0.0714. The number of carbonyl (C=O) groups excluding carboxylic acids is 1. The van der Waals surface area contributed by atoms with E-state index in [1.165, 1.54) is 12.1 Å². The smallest absolute Gasteiger partial charge is 0.339 e. The van der Waals surface area contributed by atoms with E-state index in [1.807, 2.05) is 22.6 Å². The molecule has 0 fully saturated rings. The van der Waals surface area contributed by atoms with E-state index in [2.05, 4.69) is 0 Å². The Labute approximate surface area is 122 Å². The van der Waals surface area contributed by atoms with Gasteiger partial charge in [0.25, 0.3) is 0 Å². The third-order valence-electron chi connectivity index (χ3n) is 2.48. The average Bonchev–Trinajstić information content (AvgIpc) is 2.40. The molecule has 2 aromatic carbocycles. The Morgan fingerprint density at radius 2 is 1.84 bits per heavy atom. The largest absolute Gasteiger partial charge is 0.457 e. The van der Waals surface area contributed by atoms with E-state index < -0.39 is 17.6 Å². The zero-order chi connectivity index (χ0) is 13.8. The van der Waals surface area contributed by atoms with Gasteiger partial charge in [-0.3, -0.25) is 0 Å². The molecule has 0 aliphatic heterocycles. The van der Waals surface area contributed by atoms with E-state index in [0.29, 0.717) is 5.56 Å². The Hall–Kier alpha value is -1.50. The molecule has 0 radical (unpaired) electrons. The van der Waals surface area contributed by atoms with Crippen LogP contribution in [0.25, 0.3) is 0 Å². The van der Waals surface area contributed by atoms with Gasteiger partial charge < -0.3 is 4.74 Å². The summed E-state index contributed by atoms with van der Waals surface area (Å²) < 4.78 is 32.1. The Morgan fingerprint density at radius 1 is 1.11 bits per heavy atom. The lowest BCUT2D eigenvalue weighted by Crippen LogP contribution is -2.08. The van der Waals surface area contributed by atoms with Gasteiger partial charge >= 0.3 is 5.97 Å². The van der Waals surface area contributed by atoms with E-state index in [0.717, 1.165) is 9.64 Å². The standard InChI is InChI=1S/C14H9F2IO2/c15-11-6-3-4-9(13(11)16)8-19-14(18)10-5-1-2-7-12(10)17/h1-7H,8H2. The molecule has 0 heterocycles. The van der Waals surface area contributed by atoms with Gasteiger partial charge in [0.1, 0.15) is 6.61 Å². The van der Waals surface area contributed by atoms with Crippen molar-refractivity contribution >= 4 is 28.6 Å². The number of esters is 1. The molecular formula is C14H9F2IO2. The van der Waals surface area contributed by atoms with E-state index in [-0.39, 0.29) is 12.2 Å². The summed E-state index contributed by atoms with van der Waals surface area (Å²) in [5.41, 5.74) is 0.416. The Bertz CT molecular complexity index is 614. The van der Waals surface area contributed by atoms with E-state index >= 15 is 0 Å². The summed E-state index contributed by atoms with van der Waals surface area (Å²) in [7, 11) is 0. The molecule has 0 N–H and O–H groups in total. The third-order valence-corrected chi connectivity index (χ3v) is 3.42. The summed E-state index contributed by atoms with van der Waals surface area (Å²) in [5.74, 6) is -2.51. The van der Waals surface area contributed by atoms with Crippen LogP contribution in [0.5, 0.6) is 0 Å². The Kier molecular flexibility index (Phi) is 4.47. The second-order valence-electron chi connectivity index (χ2n) is 3.77. The summed E-state index contributed by atoms with van der Waals surface area (Å²) >= 11 is 2.01. The van der Waals surface area contributed by atoms with Crippen molar-refractivity contribution in [2.75, 3.05) is 0 Å². The molecule has 2 rings (SSSR count). The fourth-order valence-electron chi connectivity index (χ4n) is 1.51. The first-order valence-corrected chi connectivity index (χ1v) is 6.52. The van der Waals surface area contributed by atoms with Crippen LogP contribution in [0.4, 0.5) is 8.78 Å². The minimum atomic E-state index is -0.988. The van der Waals surface area contributed by atoms with E-state index in [4.69, 9.17) is 4.74 Å². The predicted molar refractivity (Wildman–Crippen MR) is 74.6 cm³/mol. The van der Waals surface area contributed by atoms with Crippen molar-refractivity contribution in [3.05, 3.63) is 68.8 Å². The van der Waals surface area contributed by atoms with Gasteiger partial charge in [0.2, 0.25) is 0 Å². The first-order valence-electron chi connectivity index (χ1n) is 5.44. The molecule has 0 saturated carbocycles. The van der Waals surface area contributed by atoms with Gasteiger partial charge in [0.05, 0.1) is 5.56 Å². The highest BCUT2D eigenvalue weighted by atomic mass is 127. The quantitative estimate of drug-likeness (QED) is 0.601. The van der Waals surface area contributed by atoms with Gasteiger partial charge in [-0.25, -0.2) is 13.6 Å². The predicted octanol–water partition coefficient (Wildman–Crippen LogP) is 3.93. The first kappa shape index (κ1) is 13.9. The molecule has 0 aromatic heterocycles. The number of halogens is 3. The molecule has 0 aliphatic carbocycles. The number of benzene rings is 2. The minimum absolute atomic E-state index is 0.0132. The molecule has 5 heteroatoms. The molecule has 19 heavy (non-hydrogen) atoms. The third kappa shape index (κ3) is 3.28. The maximum atomic E-state index is 13.4. The number of rotatable bonds is 3. The highest BCUT2D eigenvalue weighted by molar-refractivity contribution is 14.1. The van der Waals surface area contributed by atoms with E-state index in [1.54, 1.807) is 24.3 Å². The highest BCUT2D eigenvalue weighted by Crippen LogP contribution is 2.16. The van der Waals surface area contributed by atoms with Crippen LogP contribution in [-0.4, -0.2) is 5.97 Å². The summed E-state index contributed by atoms with van der Waals surface area (Å²) in [6.45, 7) is -0.298. The summed E-state index contributed by atoms with van der Waals surface area (Å²) in [6.07, 6.45) is 0. The van der Waals surface area contributed by atoms with Crippen LogP contribution in [0.3, 0.4) is 0 Å². The minimum Gasteiger partial charge on any atom is -0.457 e. The lowest BCUT2D eigenvalue weighted by Gasteiger charge is -2.07. The maximum Gasteiger partial charge on any atom is 0.339 e. The molecular weight excluding hydrogens is 365 g/mol. The summed E-state index contributed by atoms with van der Waals surface area (Å²) in [4.78, 5) is 11.8. The zero-order valence-electron chi connectivity index (χ0n) is 9.70.